The van der Waals surface area contributed by atoms with E-state index >= 15 is 0 Å². The summed E-state index contributed by atoms with van der Waals surface area (Å²) >= 11 is 24.5. The monoisotopic (exact) mass is 469 g/mol. The van der Waals surface area contributed by atoms with Crippen molar-refractivity contribution in [3.05, 3.63) is 85.8 Å². The van der Waals surface area contributed by atoms with Crippen molar-refractivity contribution in [2.75, 3.05) is 11.9 Å². The molecule has 0 radical (unpaired) electrons. The van der Waals surface area contributed by atoms with E-state index in [1.165, 1.54) is 0 Å². The van der Waals surface area contributed by atoms with Crippen molar-refractivity contribution in [2.24, 2.45) is 0 Å². The highest BCUT2D eigenvalue weighted by Crippen LogP contribution is 2.37. The number of benzene rings is 3. The van der Waals surface area contributed by atoms with Crippen LogP contribution in [-0.4, -0.2) is 6.61 Å². The number of rotatable bonds is 8. The van der Waals surface area contributed by atoms with Crippen LogP contribution in [0.25, 0.3) is 0 Å². The van der Waals surface area contributed by atoms with E-state index in [1.807, 2.05) is 55.5 Å². The van der Waals surface area contributed by atoms with Gasteiger partial charge >= 0.3 is 0 Å². The van der Waals surface area contributed by atoms with Crippen molar-refractivity contribution in [3.8, 4) is 11.5 Å². The Morgan fingerprint density at radius 1 is 0.759 bits per heavy atom. The summed E-state index contributed by atoms with van der Waals surface area (Å²) in [6.45, 7) is 3.29. The SMILES string of the molecule is CCOc1cc(CNc2cc(Cl)cc(Cl)c2)cc(Cl)c1OCc1ccc(Cl)cc1. The molecule has 29 heavy (non-hydrogen) atoms. The average molecular weight is 471 g/mol. The van der Waals surface area contributed by atoms with Crippen molar-refractivity contribution in [1.82, 2.24) is 0 Å². The van der Waals surface area contributed by atoms with Gasteiger partial charge in [0.2, 0.25) is 0 Å². The zero-order valence-corrected chi connectivity index (χ0v) is 18.7. The van der Waals surface area contributed by atoms with Crippen LogP contribution in [0.4, 0.5) is 5.69 Å². The van der Waals surface area contributed by atoms with Gasteiger partial charge in [-0.2, -0.15) is 0 Å². The third-order valence-corrected chi connectivity index (χ3v) is 4.99. The van der Waals surface area contributed by atoms with Crippen molar-refractivity contribution >= 4 is 52.1 Å². The first kappa shape index (κ1) is 21.9. The number of anilines is 1. The highest BCUT2D eigenvalue weighted by molar-refractivity contribution is 6.35. The number of nitrogens with one attached hydrogen (secondary N) is 1. The lowest BCUT2D eigenvalue weighted by Gasteiger charge is -2.16. The Labute approximate surface area is 190 Å². The Morgan fingerprint density at radius 2 is 1.45 bits per heavy atom. The van der Waals surface area contributed by atoms with Crippen LogP contribution in [-0.2, 0) is 13.2 Å². The molecule has 0 unspecified atom stereocenters. The largest absolute Gasteiger partial charge is 0.490 e. The molecule has 3 nitrogen and oxygen atoms in total. The molecule has 3 aromatic rings. The maximum atomic E-state index is 6.50. The molecule has 0 aromatic heterocycles. The summed E-state index contributed by atoms with van der Waals surface area (Å²) in [5.74, 6) is 1.10. The molecule has 0 bridgehead atoms. The molecule has 0 saturated heterocycles. The summed E-state index contributed by atoms with van der Waals surface area (Å²) in [5.41, 5.74) is 2.74. The fraction of sp³-hybridized carbons (Fsp3) is 0.182. The van der Waals surface area contributed by atoms with Crippen LogP contribution in [0, 0.1) is 0 Å². The van der Waals surface area contributed by atoms with Crippen LogP contribution < -0.4 is 14.8 Å². The van der Waals surface area contributed by atoms with Gasteiger partial charge in [0.1, 0.15) is 6.61 Å². The topological polar surface area (TPSA) is 30.5 Å². The molecule has 152 valence electrons. The molecule has 7 heteroatoms. The molecule has 0 fully saturated rings. The van der Waals surface area contributed by atoms with Gasteiger partial charge in [0.15, 0.2) is 11.5 Å². The molecule has 0 saturated carbocycles. The fourth-order valence-electron chi connectivity index (χ4n) is 2.72. The van der Waals surface area contributed by atoms with Gasteiger partial charge in [0.05, 0.1) is 11.6 Å². The Bertz CT molecular complexity index is 957. The van der Waals surface area contributed by atoms with Gasteiger partial charge in [0, 0.05) is 27.3 Å². The quantitative estimate of drug-likeness (QED) is 0.363. The van der Waals surface area contributed by atoms with Crippen molar-refractivity contribution in [3.63, 3.8) is 0 Å². The van der Waals surface area contributed by atoms with Gasteiger partial charge in [-0.15, -0.1) is 0 Å². The zero-order valence-electron chi connectivity index (χ0n) is 15.6. The minimum absolute atomic E-state index is 0.357. The summed E-state index contributed by atoms with van der Waals surface area (Å²) in [6, 6.07) is 16.5. The molecule has 0 spiro atoms. The first-order valence-electron chi connectivity index (χ1n) is 8.97. The van der Waals surface area contributed by atoms with Crippen molar-refractivity contribution in [1.29, 1.82) is 0 Å². The first-order chi connectivity index (χ1) is 13.9. The van der Waals surface area contributed by atoms with Crippen LogP contribution in [0.3, 0.4) is 0 Å². The lowest BCUT2D eigenvalue weighted by molar-refractivity contribution is 0.269. The molecule has 3 rings (SSSR count). The van der Waals surface area contributed by atoms with E-state index in [-0.39, 0.29) is 0 Å². The summed E-state index contributed by atoms with van der Waals surface area (Å²) in [5, 5.41) is 5.58. The van der Waals surface area contributed by atoms with Gasteiger partial charge in [-0.1, -0.05) is 58.5 Å². The summed E-state index contributed by atoms with van der Waals surface area (Å²) in [6.07, 6.45) is 0. The zero-order chi connectivity index (χ0) is 20.8. The van der Waals surface area contributed by atoms with Crippen LogP contribution in [0.1, 0.15) is 18.1 Å². The van der Waals surface area contributed by atoms with Crippen LogP contribution in [0.5, 0.6) is 11.5 Å². The second-order valence-electron chi connectivity index (χ2n) is 6.26. The predicted octanol–water partition coefficient (Wildman–Crippen LogP) is 7.89. The lowest BCUT2D eigenvalue weighted by atomic mass is 10.2. The van der Waals surface area contributed by atoms with Gasteiger partial charge in [-0.25, -0.2) is 0 Å². The minimum atomic E-state index is 0.357. The van der Waals surface area contributed by atoms with Gasteiger partial charge in [-0.3, -0.25) is 0 Å². The van der Waals surface area contributed by atoms with E-state index in [0.29, 0.717) is 51.3 Å². The number of halogens is 4. The molecule has 0 heterocycles. The summed E-state index contributed by atoms with van der Waals surface area (Å²) < 4.78 is 11.7. The third kappa shape index (κ3) is 6.35. The summed E-state index contributed by atoms with van der Waals surface area (Å²) in [7, 11) is 0. The van der Waals surface area contributed by atoms with Gasteiger partial charge in [-0.05, 0) is 60.5 Å². The highest BCUT2D eigenvalue weighted by Gasteiger charge is 2.13. The van der Waals surface area contributed by atoms with E-state index in [2.05, 4.69) is 5.32 Å². The fourth-order valence-corrected chi connectivity index (χ4v) is 3.66. The standard InChI is InChI=1S/C22H19Cl4NO2/c1-2-28-21-8-15(12-27-19-10-17(24)9-18(25)11-19)7-20(26)22(21)29-13-14-3-5-16(23)6-4-14/h3-11,27H,2,12-13H2,1H3. The third-order valence-electron chi connectivity index (χ3n) is 4.02. The van der Waals surface area contributed by atoms with Crippen LogP contribution >= 0.6 is 46.4 Å². The van der Waals surface area contributed by atoms with Crippen molar-refractivity contribution in [2.45, 2.75) is 20.1 Å². The van der Waals surface area contributed by atoms with Gasteiger partial charge < -0.3 is 14.8 Å². The van der Waals surface area contributed by atoms with E-state index < -0.39 is 0 Å². The Hall–Kier alpha value is -1.78. The summed E-state index contributed by atoms with van der Waals surface area (Å²) in [4.78, 5) is 0. The second-order valence-corrected chi connectivity index (χ2v) is 7.98. The average Bonchev–Trinajstić information content (AvgIpc) is 2.66. The predicted molar refractivity (Wildman–Crippen MR) is 122 cm³/mol. The lowest BCUT2D eigenvalue weighted by Crippen LogP contribution is -2.04. The normalized spacial score (nSPS) is 10.7. The molecule has 0 atom stereocenters. The van der Waals surface area contributed by atoms with E-state index in [4.69, 9.17) is 55.9 Å². The Kier molecular flexibility index (Phi) is 7.79. The molecule has 0 aliphatic rings. The second kappa shape index (κ2) is 10.3. The minimum Gasteiger partial charge on any atom is -0.490 e. The van der Waals surface area contributed by atoms with Crippen LogP contribution in [0.2, 0.25) is 20.1 Å². The highest BCUT2D eigenvalue weighted by atomic mass is 35.5. The van der Waals surface area contributed by atoms with Gasteiger partial charge in [0.25, 0.3) is 0 Å². The van der Waals surface area contributed by atoms with E-state index in [1.54, 1.807) is 6.07 Å². The molecule has 3 aromatic carbocycles. The molecular weight excluding hydrogens is 452 g/mol. The maximum Gasteiger partial charge on any atom is 0.180 e. The molecule has 0 amide bonds. The maximum absolute atomic E-state index is 6.50. The van der Waals surface area contributed by atoms with Crippen molar-refractivity contribution < 1.29 is 9.47 Å². The number of hydrogen-bond acceptors (Lipinski definition) is 3. The number of ether oxygens (including phenoxy) is 2. The van der Waals surface area contributed by atoms with Crippen LogP contribution in [0.15, 0.2) is 54.6 Å². The van der Waals surface area contributed by atoms with E-state index in [9.17, 15) is 0 Å². The molecule has 1 N–H and O–H groups in total. The Morgan fingerprint density at radius 3 is 2.10 bits per heavy atom. The Balaban J connectivity index is 1.75. The van der Waals surface area contributed by atoms with E-state index in [0.717, 1.165) is 16.8 Å². The molecule has 0 aliphatic carbocycles. The first-order valence-corrected chi connectivity index (χ1v) is 10.5. The molecular formula is C22H19Cl4NO2. The number of hydrogen-bond donors (Lipinski definition) is 1. The smallest absolute Gasteiger partial charge is 0.180 e. The molecule has 0 aliphatic heterocycles.